The van der Waals surface area contributed by atoms with Crippen LogP contribution in [0.2, 0.25) is 0 Å². The highest BCUT2D eigenvalue weighted by atomic mass is 16.3. The number of para-hydroxylation sites is 1. The molecule has 1 rings (SSSR count). The second kappa shape index (κ2) is 8.29. The number of benzene rings is 1. The van der Waals surface area contributed by atoms with E-state index in [4.69, 9.17) is 0 Å². The fourth-order valence-corrected chi connectivity index (χ4v) is 1.78. The summed E-state index contributed by atoms with van der Waals surface area (Å²) in [7, 11) is 0. The first-order chi connectivity index (χ1) is 9.19. The van der Waals surface area contributed by atoms with Crippen LogP contribution in [0.15, 0.2) is 29.4 Å². The summed E-state index contributed by atoms with van der Waals surface area (Å²) in [5.74, 6) is -0.0301. The topological polar surface area (TPSA) is 61.7 Å². The first-order valence-corrected chi connectivity index (χ1v) is 6.80. The number of phenolic OH excluding ortho intramolecular Hbond substituents is 1. The Hall–Kier alpha value is -1.84. The molecule has 0 aliphatic carbocycles. The first-order valence-electron chi connectivity index (χ1n) is 6.80. The van der Waals surface area contributed by atoms with Gasteiger partial charge in [0.1, 0.15) is 5.75 Å². The molecule has 104 valence electrons. The molecule has 0 aliphatic heterocycles. The minimum atomic E-state index is -0.389. The average molecular weight is 262 g/mol. The second-order valence-electron chi connectivity index (χ2n) is 4.55. The van der Waals surface area contributed by atoms with Crippen LogP contribution < -0.4 is 5.43 Å². The molecule has 1 atom stereocenters. The fourth-order valence-electron chi connectivity index (χ4n) is 1.78. The third-order valence-corrected chi connectivity index (χ3v) is 3.05. The number of amides is 1. The lowest BCUT2D eigenvalue weighted by atomic mass is 10.0. The lowest BCUT2D eigenvalue weighted by Crippen LogP contribution is -2.18. The Kier molecular flexibility index (Phi) is 6.64. The summed E-state index contributed by atoms with van der Waals surface area (Å²) >= 11 is 0. The highest BCUT2D eigenvalue weighted by Gasteiger charge is 2.09. The summed E-state index contributed by atoms with van der Waals surface area (Å²) < 4.78 is 0. The Morgan fingerprint density at radius 3 is 2.79 bits per heavy atom. The van der Waals surface area contributed by atoms with Crippen molar-refractivity contribution in [3.8, 4) is 5.75 Å². The first kappa shape index (κ1) is 15.2. The van der Waals surface area contributed by atoms with E-state index in [0.29, 0.717) is 5.92 Å². The van der Waals surface area contributed by atoms with Crippen molar-refractivity contribution in [2.24, 2.45) is 11.0 Å². The van der Waals surface area contributed by atoms with Gasteiger partial charge in [0, 0.05) is 6.21 Å². The largest absolute Gasteiger partial charge is 0.507 e. The van der Waals surface area contributed by atoms with Gasteiger partial charge in [-0.3, -0.25) is 4.79 Å². The van der Waals surface area contributed by atoms with Gasteiger partial charge in [0.05, 0.1) is 5.56 Å². The van der Waals surface area contributed by atoms with Gasteiger partial charge >= 0.3 is 0 Å². The standard InChI is InChI=1S/C15H22N2O2/c1-3-5-8-12(4-2)11-16-17-15(19)13-9-6-7-10-14(13)18/h6-7,9-12,18H,3-5,8H2,1-2H3,(H,17,19)/b16-11-/t12-/m0/s1. The van der Waals surface area contributed by atoms with E-state index >= 15 is 0 Å². The molecule has 2 N–H and O–H groups in total. The number of nitrogens with zero attached hydrogens (tertiary/aromatic N) is 1. The predicted molar refractivity (Wildman–Crippen MR) is 77.4 cm³/mol. The molecule has 0 spiro atoms. The van der Waals surface area contributed by atoms with E-state index in [1.807, 2.05) is 0 Å². The molecule has 0 fully saturated rings. The molecule has 0 saturated heterocycles. The quantitative estimate of drug-likeness (QED) is 0.585. The van der Waals surface area contributed by atoms with Crippen LogP contribution >= 0.6 is 0 Å². The van der Waals surface area contributed by atoms with Crippen LogP contribution in [0.3, 0.4) is 0 Å². The summed E-state index contributed by atoms with van der Waals surface area (Å²) in [4.78, 5) is 11.8. The molecular formula is C15H22N2O2. The lowest BCUT2D eigenvalue weighted by molar-refractivity contribution is 0.0952. The van der Waals surface area contributed by atoms with Gasteiger partial charge in [0.25, 0.3) is 5.91 Å². The zero-order chi connectivity index (χ0) is 14.1. The van der Waals surface area contributed by atoms with Crippen LogP contribution in [0.4, 0.5) is 0 Å². The molecule has 4 nitrogen and oxygen atoms in total. The Labute approximate surface area is 114 Å². The Bertz CT molecular complexity index is 430. The number of hydrazone groups is 1. The number of carbonyl (C=O) groups is 1. The van der Waals surface area contributed by atoms with Gasteiger partial charge in [-0.15, -0.1) is 0 Å². The van der Waals surface area contributed by atoms with E-state index < -0.39 is 0 Å². The molecule has 1 aromatic carbocycles. The Morgan fingerprint density at radius 2 is 2.16 bits per heavy atom. The smallest absolute Gasteiger partial charge is 0.275 e. The van der Waals surface area contributed by atoms with Gasteiger partial charge in [0.2, 0.25) is 0 Å². The molecule has 0 aromatic heterocycles. The number of hydrogen-bond donors (Lipinski definition) is 2. The van der Waals surface area contributed by atoms with Crippen molar-refractivity contribution >= 4 is 12.1 Å². The lowest BCUT2D eigenvalue weighted by Gasteiger charge is -2.08. The predicted octanol–water partition coefficient (Wildman–Crippen LogP) is 3.32. The maximum absolute atomic E-state index is 11.8. The number of nitrogens with one attached hydrogen (secondary N) is 1. The number of aromatic hydroxyl groups is 1. The average Bonchev–Trinajstić information content (AvgIpc) is 2.42. The van der Waals surface area contributed by atoms with Gasteiger partial charge in [-0.2, -0.15) is 5.10 Å². The summed E-state index contributed by atoms with van der Waals surface area (Å²) in [6.45, 7) is 4.26. The number of rotatable bonds is 7. The Morgan fingerprint density at radius 1 is 1.42 bits per heavy atom. The van der Waals surface area contributed by atoms with Crippen molar-refractivity contribution in [2.75, 3.05) is 0 Å². The van der Waals surface area contributed by atoms with Crippen molar-refractivity contribution in [3.63, 3.8) is 0 Å². The summed E-state index contributed by atoms with van der Waals surface area (Å²) in [5, 5.41) is 13.5. The molecule has 0 heterocycles. The second-order valence-corrected chi connectivity index (χ2v) is 4.55. The monoisotopic (exact) mass is 262 g/mol. The fraction of sp³-hybridized carbons (Fsp3) is 0.467. The van der Waals surface area contributed by atoms with E-state index in [1.54, 1.807) is 24.4 Å². The minimum Gasteiger partial charge on any atom is -0.507 e. The minimum absolute atomic E-state index is 0.0341. The summed E-state index contributed by atoms with van der Waals surface area (Å²) in [6, 6.07) is 6.42. The zero-order valence-electron chi connectivity index (χ0n) is 11.6. The zero-order valence-corrected chi connectivity index (χ0v) is 11.6. The van der Waals surface area contributed by atoms with Crippen molar-refractivity contribution in [1.82, 2.24) is 5.43 Å². The van der Waals surface area contributed by atoms with E-state index in [1.165, 1.54) is 6.07 Å². The molecular weight excluding hydrogens is 240 g/mol. The maximum Gasteiger partial charge on any atom is 0.275 e. The number of phenols is 1. The van der Waals surface area contributed by atoms with Crippen LogP contribution in [0.25, 0.3) is 0 Å². The molecule has 0 radical (unpaired) electrons. The third kappa shape index (κ3) is 5.12. The molecule has 4 heteroatoms. The highest BCUT2D eigenvalue weighted by Crippen LogP contribution is 2.15. The van der Waals surface area contributed by atoms with Crippen LogP contribution in [-0.2, 0) is 0 Å². The molecule has 19 heavy (non-hydrogen) atoms. The Balaban J connectivity index is 2.51. The van der Waals surface area contributed by atoms with Crippen molar-refractivity contribution in [2.45, 2.75) is 39.5 Å². The van der Waals surface area contributed by atoms with Crippen LogP contribution in [0.1, 0.15) is 49.9 Å². The molecule has 1 aromatic rings. The van der Waals surface area contributed by atoms with Crippen LogP contribution in [-0.4, -0.2) is 17.2 Å². The number of unbranched alkanes of at least 4 members (excludes halogenated alkanes) is 1. The van der Waals surface area contributed by atoms with Gasteiger partial charge in [-0.1, -0.05) is 38.8 Å². The van der Waals surface area contributed by atoms with Crippen LogP contribution in [0.5, 0.6) is 5.75 Å². The van der Waals surface area contributed by atoms with E-state index in [-0.39, 0.29) is 17.2 Å². The number of hydrogen-bond acceptors (Lipinski definition) is 3. The molecule has 0 bridgehead atoms. The van der Waals surface area contributed by atoms with Gasteiger partial charge in [0.15, 0.2) is 0 Å². The normalized spacial score (nSPS) is 12.5. The van der Waals surface area contributed by atoms with Crippen molar-refractivity contribution in [3.05, 3.63) is 29.8 Å². The SMILES string of the molecule is CCCC[C@@H](/C=N\NC(=O)c1ccccc1O)CC. The van der Waals surface area contributed by atoms with Gasteiger partial charge in [-0.05, 0) is 30.9 Å². The van der Waals surface area contributed by atoms with Crippen molar-refractivity contribution in [1.29, 1.82) is 0 Å². The van der Waals surface area contributed by atoms with Crippen molar-refractivity contribution < 1.29 is 9.90 Å². The van der Waals surface area contributed by atoms with Gasteiger partial charge < -0.3 is 5.11 Å². The number of carbonyl (C=O) groups excluding carboxylic acids is 1. The molecule has 0 saturated carbocycles. The molecule has 0 aliphatic rings. The summed E-state index contributed by atoms with van der Waals surface area (Å²) in [5.41, 5.74) is 2.69. The highest BCUT2D eigenvalue weighted by molar-refractivity contribution is 5.96. The molecule has 1 amide bonds. The van der Waals surface area contributed by atoms with E-state index in [2.05, 4.69) is 24.4 Å². The van der Waals surface area contributed by atoms with Crippen LogP contribution in [0, 0.1) is 5.92 Å². The third-order valence-electron chi connectivity index (χ3n) is 3.05. The molecule has 0 unspecified atom stereocenters. The maximum atomic E-state index is 11.8. The van der Waals surface area contributed by atoms with E-state index in [0.717, 1.165) is 25.7 Å². The van der Waals surface area contributed by atoms with E-state index in [9.17, 15) is 9.90 Å². The van der Waals surface area contributed by atoms with Gasteiger partial charge in [-0.25, -0.2) is 5.43 Å². The summed E-state index contributed by atoms with van der Waals surface area (Å²) in [6.07, 6.45) is 6.21.